The molecule has 2 aromatic rings. The maximum atomic E-state index is 12.7. The molecule has 2 atom stereocenters. The Kier molecular flexibility index (Phi) is 5.36. The van der Waals surface area contributed by atoms with E-state index in [2.05, 4.69) is 10.1 Å². The Morgan fingerprint density at radius 2 is 2.42 bits per heavy atom. The Balaban J connectivity index is 2.15. The first-order chi connectivity index (χ1) is 12.5. The minimum Gasteiger partial charge on any atom is -0.476 e. The number of quaternary nitrogens is 1. The molecule has 2 aromatic heterocycles. The summed E-state index contributed by atoms with van der Waals surface area (Å²) in [5.74, 6) is -0.981. The van der Waals surface area contributed by atoms with E-state index >= 15 is 0 Å². The van der Waals surface area contributed by atoms with Gasteiger partial charge in [0, 0.05) is 24.4 Å². The second kappa shape index (κ2) is 7.38. The number of likely N-dealkylation sites (tertiary alicyclic amines) is 1. The Morgan fingerprint density at radius 1 is 1.62 bits per heavy atom. The molecule has 0 saturated carbocycles. The van der Waals surface area contributed by atoms with E-state index in [0.717, 1.165) is 17.4 Å². The highest BCUT2D eigenvalue weighted by molar-refractivity contribution is 8.04. The zero-order valence-corrected chi connectivity index (χ0v) is 15.8. The first-order valence-electron chi connectivity index (χ1n) is 8.20. The average molecular weight is 398 g/mol. The van der Waals surface area contributed by atoms with Crippen molar-refractivity contribution in [1.29, 1.82) is 0 Å². The molecular weight excluding hydrogens is 379 g/mol. The fourth-order valence-corrected chi connectivity index (χ4v) is 5.23. The molecule has 3 rings (SSSR count). The van der Waals surface area contributed by atoms with Crippen molar-refractivity contribution >= 4 is 35.0 Å². The van der Waals surface area contributed by atoms with Crippen molar-refractivity contribution in [2.45, 2.75) is 24.6 Å². The third-order valence-electron chi connectivity index (χ3n) is 4.96. The number of likely N-dealkylation sites (N-methyl/N-ethyl adjacent to an activating group) is 1. The van der Waals surface area contributed by atoms with Gasteiger partial charge in [0.2, 0.25) is 5.15 Å². The summed E-state index contributed by atoms with van der Waals surface area (Å²) in [5.41, 5.74) is 1.35. The Labute approximate surface area is 159 Å². The van der Waals surface area contributed by atoms with E-state index in [-0.39, 0.29) is 9.64 Å². The molecule has 138 valence electrons. The first-order valence-corrected chi connectivity index (χ1v) is 9.46. The van der Waals surface area contributed by atoms with Crippen molar-refractivity contribution in [3.8, 4) is 5.69 Å². The summed E-state index contributed by atoms with van der Waals surface area (Å²) in [6.07, 6.45) is 6.55. The van der Waals surface area contributed by atoms with Crippen LogP contribution in [0.2, 0.25) is 5.15 Å². The van der Waals surface area contributed by atoms with Crippen molar-refractivity contribution < 1.29 is 14.3 Å². The van der Waals surface area contributed by atoms with E-state index in [4.69, 9.17) is 11.6 Å². The van der Waals surface area contributed by atoms with Crippen LogP contribution in [-0.4, -0.2) is 43.8 Å². The molecule has 0 radical (unpaired) electrons. The van der Waals surface area contributed by atoms with Gasteiger partial charge in [0.1, 0.15) is 0 Å². The normalized spacial score (nSPS) is 25.8. The second-order valence-electron chi connectivity index (χ2n) is 6.04. The van der Waals surface area contributed by atoms with Crippen LogP contribution in [0.25, 0.3) is 5.69 Å². The van der Waals surface area contributed by atoms with Gasteiger partial charge in [-0.25, -0.2) is 13.9 Å². The highest BCUT2D eigenvalue weighted by Gasteiger charge is 2.62. The van der Waals surface area contributed by atoms with Gasteiger partial charge in [0.05, 0.1) is 37.5 Å². The number of carbonyl (C=O) groups is 1. The van der Waals surface area contributed by atoms with E-state index in [0.29, 0.717) is 37.9 Å². The van der Waals surface area contributed by atoms with Crippen LogP contribution in [0.15, 0.2) is 42.5 Å². The van der Waals surface area contributed by atoms with Crippen LogP contribution in [-0.2, 0) is 4.79 Å². The van der Waals surface area contributed by atoms with Gasteiger partial charge >= 0.3 is 5.97 Å². The minimum absolute atomic E-state index is 0.108. The summed E-state index contributed by atoms with van der Waals surface area (Å²) in [4.78, 5) is 15.1. The smallest absolute Gasteiger partial charge is 0.377 e. The number of carboxylic acids is 1. The average Bonchev–Trinajstić information content (AvgIpc) is 3.22. The number of carboxylic acid groups (broad SMARTS) is 1. The number of aliphatic carboxylic acids is 1. The monoisotopic (exact) mass is 397 g/mol. The van der Waals surface area contributed by atoms with Gasteiger partial charge in [-0.2, -0.15) is 0 Å². The predicted octanol–water partition coefficient (Wildman–Crippen LogP) is 4.00. The van der Waals surface area contributed by atoms with Crippen LogP contribution in [0, 0.1) is 0 Å². The fourth-order valence-electron chi connectivity index (χ4n) is 3.77. The van der Waals surface area contributed by atoms with E-state index in [1.807, 2.05) is 13.0 Å². The molecule has 0 amide bonds. The maximum absolute atomic E-state index is 12.7. The third kappa shape index (κ3) is 2.82. The zero-order chi connectivity index (χ0) is 18.8. The molecule has 6 nitrogen and oxygen atoms in total. The lowest BCUT2D eigenvalue weighted by Gasteiger charge is -2.43. The van der Waals surface area contributed by atoms with Crippen LogP contribution in [0.4, 0.5) is 10.1 Å². The van der Waals surface area contributed by atoms with Crippen molar-refractivity contribution in [2.75, 3.05) is 13.1 Å². The van der Waals surface area contributed by atoms with Crippen molar-refractivity contribution in [1.82, 2.24) is 19.2 Å². The topological polar surface area (TPSA) is 68.0 Å². The van der Waals surface area contributed by atoms with Crippen LogP contribution < -0.4 is 4.48 Å². The van der Waals surface area contributed by atoms with Gasteiger partial charge in [-0.1, -0.05) is 23.4 Å². The summed E-state index contributed by atoms with van der Waals surface area (Å²) < 4.78 is 14.4. The van der Waals surface area contributed by atoms with E-state index in [9.17, 15) is 14.3 Å². The number of thioether (sulfide) groups is 1. The second-order valence-corrected chi connectivity index (χ2v) is 7.58. The predicted molar refractivity (Wildman–Crippen MR) is 101 cm³/mol. The lowest BCUT2D eigenvalue weighted by Crippen LogP contribution is -2.64. The Bertz CT molecular complexity index is 831. The number of nitrogens with zero attached hydrogens (tertiary/aromatic N) is 4. The van der Waals surface area contributed by atoms with Crippen LogP contribution in [0.3, 0.4) is 0 Å². The number of hydrogen-bond donors (Lipinski definition) is 1. The quantitative estimate of drug-likeness (QED) is 0.746. The molecule has 0 aromatic carbocycles. The van der Waals surface area contributed by atoms with Gasteiger partial charge in [-0.3, -0.25) is 9.47 Å². The lowest BCUT2D eigenvalue weighted by atomic mass is 10.1. The molecule has 9 heteroatoms. The van der Waals surface area contributed by atoms with E-state index < -0.39 is 10.8 Å². The molecule has 0 bridgehead atoms. The SMILES string of the molecule is CC[N+]1(c2cn(-c3cccnc3)nc2Cl)CCC[C@@]1(SC=CF)C(=O)O. The summed E-state index contributed by atoms with van der Waals surface area (Å²) in [6, 6.07) is 3.62. The molecular formula is C17H19ClFN4O2S+. The van der Waals surface area contributed by atoms with Crippen LogP contribution in [0.5, 0.6) is 0 Å². The minimum atomic E-state index is -1.25. The molecule has 0 spiro atoms. The third-order valence-corrected chi connectivity index (χ3v) is 6.58. The highest BCUT2D eigenvalue weighted by atomic mass is 35.5. The van der Waals surface area contributed by atoms with Crippen molar-refractivity contribution in [3.63, 3.8) is 0 Å². The largest absolute Gasteiger partial charge is 0.476 e. The number of pyridine rings is 1. The fraction of sp³-hybridized carbons (Fsp3) is 0.353. The molecule has 0 aliphatic carbocycles. The maximum Gasteiger partial charge on any atom is 0.377 e. The Hall–Kier alpha value is -1.90. The molecule has 1 fully saturated rings. The molecule has 1 aliphatic rings. The molecule has 1 saturated heterocycles. The first kappa shape index (κ1) is 18.9. The van der Waals surface area contributed by atoms with Crippen molar-refractivity contribution in [2.24, 2.45) is 0 Å². The summed E-state index contributed by atoms with van der Waals surface area (Å²) in [5, 5.41) is 15.9. The van der Waals surface area contributed by atoms with Gasteiger partial charge in [-0.15, -0.1) is 5.10 Å². The standard InChI is InChI=1S/C17H18ClFN4O2S/c1-2-23(9-4-6-17(23,16(24)25)26-10-7-19)14-12-22(21-15(14)18)13-5-3-8-20-11-13/h3,5,7-8,10-12H,2,4,6,9H2,1H3/p+1/t17-,23?/m1/s1. The van der Waals surface area contributed by atoms with Gasteiger partial charge in [0.25, 0.3) is 4.87 Å². The van der Waals surface area contributed by atoms with E-state index in [1.54, 1.807) is 29.3 Å². The van der Waals surface area contributed by atoms with Crippen LogP contribution in [0.1, 0.15) is 19.8 Å². The van der Waals surface area contributed by atoms with Crippen molar-refractivity contribution in [3.05, 3.63) is 47.6 Å². The number of hydrogen-bond acceptors (Lipinski definition) is 4. The summed E-state index contributed by atoms with van der Waals surface area (Å²) in [7, 11) is 0. The van der Waals surface area contributed by atoms with Gasteiger partial charge in [0.15, 0.2) is 5.69 Å². The summed E-state index contributed by atoms with van der Waals surface area (Å²) in [6.45, 7) is 3.01. The zero-order valence-electron chi connectivity index (χ0n) is 14.2. The lowest BCUT2D eigenvalue weighted by molar-refractivity contribution is -0.143. The van der Waals surface area contributed by atoms with Gasteiger partial charge < -0.3 is 5.11 Å². The highest BCUT2D eigenvalue weighted by Crippen LogP contribution is 2.51. The van der Waals surface area contributed by atoms with Crippen LogP contribution >= 0.6 is 23.4 Å². The Morgan fingerprint density at radius 3 is 3.04 bits per heavy atom. The number of halogens is 2. The number of aromatic nitrogens is 3. The molecule has 1 N–H and O–H groups in total. The van der Waals surface area contributed by atoms with Gasteiger partial charge in [-0.05, 0) is 19.1 Å². The molecule has 1 aliphatic heterocycles. The molecule has 26 heavy (non-hydrogen) atoms. The summed E-state index contributed by atoms with van der Waals surface area (Å²) >= 11 is 7.44. The van der Waals surface area contributed by atoms with E-state index in [1.165, 1.54) is 5.41 Å². The number of rotatable bonds is 6. The molecule has 1 unspecified atom stereocenters. The molecule has 3 heterocycles.